The van der Waals surface area contributed by atoms with Crippen LogP contribution in [0.3, 0.4) is 0 Å². The molecular formula is C26H22F3NO3S. The van der Waals surface area contributed by atoms with Crippen LogP contribution in [0.4, 0.5) is 13.2 Å². The van der Waals surface area contributed by atoms with Crippen molar-refractivity contribution in [2.24, 2.45) is 0 Å². The van der Waals surface area contributed by atoms with Crippen LogP contribution < -0.4 is 0 Å². The van der Waals surface area contributed by atoms with Crippen LogP contribution in [-0.4, -0.2) is 21.8 Å². The minimum atomic E-state index is -4.39. The van der Waals surface area contributed by atoms with Gasteiger partial charge in [-0.2, -0.15) is 13.2 Å². The highest BCUT2D eigenvalue weighted by Crippen LogP contribution is 2.32. The van der Waals surface area contributed by atoms with Crippen LogP contribution >= 0.6 is 11.8 Å². The Hall–Kier alpha value is -3.26. The molecule has 4 aromatic rings. The Balaban J connectivity index is 1.44. The van der Waals surface area contributed by atoms with Gasteiger partial charge in [0.1, 0.15) is 5.52 Å². The molecule has 0 saturated heterocycles. The number of benzene rings is 3. The summed E-state index contributed by atoms with van der Waals surface area (Å²) in [7, 11) is 0. The van der Waals surface area contributed by atoms with Gasteiger partial charge < -0.3 is 9.52 Å². The molecule has 0 radical (unpaired) electrons. The number of hydrogen-bond acceptors (Lipinski definition) is 4. The number of halogens is 3. The highest BCUT2D eigenvalue weighted by molar-refractivity contribution is 7.99. The number of rotatable bonds is 8. The predicted molar refractivity (Wildman–Crippen MR) is 126 cm³/mol. The Morgan fingerprint density at radius 1 is 1.03 bits per heavy atom. The van der Waals surface area contributed by atoms with Crippen LogP contribution in [0.5, 0.6) is 0 Å². The van der Waals surface area contributed by atoms with E-state index < -0.39 is 17.7 Å². The average molecular weight is 486 g/mol. The lowest BCUT2D eigenvalue weighted by Crippen LogP contribution is -2.03. The number of nitrogens with zero attached hydrogens (tertiary/aromatic N) is 1. The molecule has 8 heteroatoms. The Labute approximate surface area is 198 Å². The highest BCUT2D eigenvalue weighted by Gasteiger charge is 2.30. The van der Waals surface area contributed by atoms with Gasteiger partial charge in [0.2, 0.25) is 5.89 Å². The van der Waals surface area contributed by atoms with E-state index in [0.717, 1.165) is 45.9 Å². The summed E-state index contributed by atoms with van der Waals surface area (Å²) in [5.41, 5.74) is 4.16. The molecule has 1 N–H and O–H groups in total. The minimum Gasteiger partial charge on any atom is -0.481 e. The fraction of sp³-hybridized carbons (Fsp3) is 0.231. The summed E-state index contributed by atoms with van der Waals surface area (Å²) in [6, 6.07) is 16.5. The number of alkyl halides is 3. The monoisotopic (exact) mass is 485 g/mol. The normalized spacial score (nSPS) is 11.8. The number of thioether (sulfide) groups is 1. The standard InChI is InChI=1S/C26H22F3NO3S/c1-16-15-21(11-7-17(16)8-12-23(31)32)34-14-13-18-3-2-4-22-24(18)33-25(30-22)19-5-9-20(10-6-19)26(27,28)29/h2-7,9-11,15H,8,12-14H2,1H3,(H,31,32). The lowest BCUT2D eigenvalue weighted by Gasteiger charge is -2.08. The second kappa shape index (κ2) is 9.93. The number of carbonyl (C=O) groups is 1. The number of aryl methyl sites for hydroxylation is 3. The van der Waals surface area contributed by atoms with Crippen molar-refractivity contribution in [3.63, 3.8) is 0 Å². The van der Waals surface area contributed by atoms with Gasteiger partial charge in [0.05, 0.1) is 5.56 Å². The topological polar surface area (TPSA) is 63.3 Å². The van der Waals surface area contributed by atoms with E-state index in [-0.39, 0.29) is 12.3 Å². The minimum absolute atomic E-state index is 0.114. The molecule has 4 nitrogen and oxygen atoms in total. The zero-order valence-electron chi connectivity index (χ0n) is 18.4. The summed E-state index contributed by atoms with van der Waals surface area (Å²) in [4.78, 5) is 16.4. The number of aliphatic carboxylic acids is 1. The van der Waals surface area contributed by atoms with Crippen LogP contribution in [0.25, 0.3) is 22.6 Å². The number of aromatic nitrogens is 1. The third-order valence-corrected chi connectivity index (χ3v) is 6.51. The van der Waals surface area contributed by atoms with Gasteiger partial charge in [-0.25, -0.2) is 4.98 Å². The van der Waals surface area contributed by atoms with Crippen molar-refractivity contribution in [2.45, 2.75) is 37.3 Å². The summed E-state index contributed by atoms with van der Waals surface area (Å²) >= 11 is 1.69. The van der Waals surface area contributed by atoms with Crippen molar-refractivity contribution >= 4 is 28.8 Å². The maximum absolute atomic E-state index is 12.8. The fourth-order valence-electron chi connectivity index (χ4n) is 3.69. The van der Waals surface area contributed by atoms with Gasteiger partial charge in [-0.05, 0) is 78.9 Å². The zero-order valence-corrected chi connectivity index (χ0v) is 19.2. The number of oxazole rings is 1. The smallest absolute Gasteiger partial charge is 0.416 e. The number of para-hydroxylation sites is 1. The van der Waals surface area contributed by atoms with Crippen molar-refractivity contribution < 1.29 is 27.5 Å². The summed E-state index contributed by atoms with van der Waals surface area (Å²) in [5, 5.41) is 8.87. The Morgan fingerprint density at radius 3 is 2.47 bits per heavy atom. The Kier molecular flexibility index (Phi) is 6.97. The SMILES string of the molecule is Cc1cc(SCCc2cccc3nc(-c4ccc(C(F)(F)F)cc4)oc23)ccc1CCC(=O)O. The van der Waals surface area contributed by atoms with Gasteiger partial charge >= 0.3 is 12.1 Å². The molecule has 0 unspecified atom stereocenters. The van der Waals surface area contributed by atoms with Crippen LogP contribution in [0.1, 0.15) is 28.7 Å². The second-order valence-electron chi connectivity index (χ2n) is 7.94. The van der Waals surface area contributed by atoms with Crippen molar-refractivity contribution in [3.05, 3.63) is 82.9 Å². The molecule has 0 aliphatic heterocycles. The van der Waals surface area contributed by atoms with E-state index in [4.69, 9.17) is 9.52 Å². The van der Waals surface area contributed by atoms with E-state index in [1.807, 2.05) is 37.3 Å². The first-order chi connectivity index (χ1) is 16.2. The van der Waals surface area contributed by atoms with Crippen molar-refractivity contribution in [1.29, 1.82) is 0 Å². The van der Waals surface area contributed by atoms with Gasteiger partial charge in [0.25, 0.3) is 0 Å². The maximum atomic E-state index is 12.8. The number of carboxylic acids is 1. The molecule has 1 heterocycles. The summed E-state index contributed by atoms with van der Waals surface area (Å²) in [6.07, 6.45) is -3.03. The van der Waals surface area contributed by atoms with E-state index >= 15 is 0 Å². The van der Waals surface area contributed by atoms with Crippen LogP contribution in [0.15, 0.2) is 70.0 Å². The molecule has 0 aliphatic rings. The van der Waals surface area contributed by atoms with Gasteiger partial charge in [0.15, 0.2) is 5.58 Å². The summed E-state index contributed by atoms with van der Waals surface area (Å²) in [6.45, 7) is 1.99. The number of fused-ring (bicyclic) bond motifs is 1. The molecule has 1 aromatic heterocycles. The molecule has 34 heavy (non-hydrogen) atoms. The lowest BCUT2D eigenvalue weighted by atomic mass is 10.0. The zero-order chi connectivity index (χ0) is 24.3. The Morgan fingerprint density at radius 2 is 1.79 bits per heavy atom. The molecule has 0 aliphatic carbocycles. The van der Waals surface area contributed by atoms with E-state index in [1.165, 1.54) is 12.1 Å². The molecule has 176 valence electrons. The van der Waals surface area contributed by atoms with E-state index in [0.29, 0.717) is 23.1 Å². The van der Waals surface area contributed by atoms with Crippen LogP contribution in [0, 0.1) is 6.92 Å². The average Bonchev–Trinajstić information content (AvgIpc) is 3.23. The van der Waals surface area contributed by atoms with Gasteiger partial charge in [-0.15, -0.1) is 11.8 Å². The van der Waals surface area contributed by atoms with Gasteiger partial charge in [0, 0.05) is 22.6 Å². The second-order valence-corrected chi connectivity index (χ2v) is 9.11. The molecule has 4 rings (SSSR count). The van der Waals surface area contributed by atoms with Gasteiger partial charge in [-0.1, -0.05) is 18.2 Å². The molecule has 0 atom stereocenters. The number of hydrogen-bond donors (Lipinski definition) is 1. The quantitative estimate of drug-likeness (QED) is 0.268. The largest absolute Gasteiger partial charge is 0.481 e. The third-order valence-electron chi connectivity index (χ3n) is 5.52. The van der Waals surface area contributed by atoms with Gasteiger partial charge in [-0.3, -0.25) is 4.79 Å². The molecule has 0 spiro atoms. The first-order valence-corrected chi connectivity index (χ1v) is 11.7. The molecule has 0 bridgehead atoms. The molecular weight excluding hydrogens is 463 g/mol. The highest BCUT2D eigenvalue weighted by atomic mass is 32.2. The van der Waals surface area contributed by atoms with Crippen molar-refractivity contribution in [3.8, 4) is 11.5 Å². The van der Waals surface area contributed by atoms with Crippen molar-refractivity contribution in [2.75, 3.05) is 5.75 Å². The fourth-order valence-corrected chi connectivity index (χ4v) is 4.67. The van der Waals surface area contributed by atoms with E-state index in [2.05, 4.69) is 11.1 Å². The lowest BCUT2D eigenvalue weighted by molar-refractivity contribution is -0.138. The molecule has 0 fully saturated rings. The molecule has 3 aromatic carbocycles. The molecule has 0 saturated carbocycles. The van der Waals surface area contributed by atoms with E-state index in [9.17, 15) is 18.0 Å². The summed E-state index contributed by atoms with van der Waals surface area (Å²) in [5.74, 6) is 0.279. The molecule has 0 amide bonds. The third kappa shape index (κ3) is 5.62. The first-order valence-electron chi connectivity index (χ1n) is 10.7. The Bertz CT molecular complexity index is 1310. The van der Waals surface area contributed by atoms with Crippen molar-refractivity contribution in [1.82, 2.24) is 4.98 Å². The van der Waals surface area contributed by atoms with Crippen LogP contribution in [0.2, 0.25) is 0 Å². The maximum Gasteiger partial charge on any atom is 0.416 e. The predicted octanol–water partition coefficient (Wildman–Crippen LogP) is 7.17. The van der Waals surface area contributed by atoms with Crippen LogP contribution in [-0.2, 0) is 23.8 Å². The first kappa shape index (κ1) is 23.9. The van der Waals surface area contributed by atoms with E-state index in [1.54, 1.807) is 11.8 Å². The number of carboxylic acid groups (broad SMARTS) is 1. The summed E-state index contributed by atoms with van der Waals surface area (Å²) < 4.78 is 44.4.